The molecule has 1 saturated heterocycles. The van der Waals surface area contributed by atoms with E-state index >= 15 is 0 Å². The summed E-state index contributed by atoms with van der Waals surface area (Å²) >= 11 is 3.36. The van der Waals surface area contributed by atoms with Gasteiger partial charge in [0.25, 0.3) is 0 Å². The van der Waals surface area contributed by atoms with Crippen molar-refractivity contribution in [2.45, 2.75) is 19.9 Å². The lowest BCUT2D eigenvalue weighted by molar-refractivity contribution is -0.133. The second kappa shape index (κ2) is 10.3. The van der Waals surface area contributed by atoms with Gasteiger partial charge >= 0.3 is 6.03 Å². The first-order valence-corrected chi connectivity index (χ1v) is 10.9. The molecule has 0 aromatic heterocycles. The molecular weight excluding hydrogens is 448 g/mol. The fraction of sp³-hybridized carbons (Fsp3) is 0.364. The molecule has 1 unspecified atom stereocenters. The van der Waals surface area contributed by atoms with E-state index < -0.39 is 12.1 Å². The Morgan fingerprint density at radius 3 is 2.40 bits per heavy atom. The zero-order valence-corrected chi connectivity index (χ0v) is 18.8. The van der Waals surface area contributed by atoms with Gasteiger partial charge in [-0.3, -0.25) is 4.79 Å². The molecule has 0 spiro atoms. The highest BCUT2D eigenvalue weighted by Gasteiger charge is 2.26. The number of amides is 3. The second-order valence-electron chi connectivity index (χ2n) is 7.04. The predicted molar refractivity (Wildman–Crippen MR) is 122 cm³/mol. The van der Waals surface area contributed by atoms with Crippen LogP contribution in [0.4, 0.5) is 16.2 Å². The lowest BCUT2D eigenvalue weighted by Crippen LogP contribution is -2.54. The van der Waals surface area contributed by atoms with E-state index in [0.29, 0.717) is 38.5 Å². The van der Waals surface area contributed by atoms with Gasteiger partial charge in [-0.15, -0.1) is 0 Å². The van der Waals surface area contributed by atoms with Crippen molar-refractivity contribution in [2.75, 3.05) is 43.0 Å². The summed E-state index contributed by atoms with van der Waals surface area (Å²) in [5.41, 5.74) is 1.71. The molecule has 2 N–H and O–H groups in total. The van der Waals surface area contributed by atoms with E-state index in [1.165, 1.54) is 0 Å². The molecule has 160 valence electrons. The summed E-state index contributed by atoms with van der Waals surface area (Å²) in [6, 6.07) is 14.2. The summed E-state index contributed by atoms with van der Waals surface area (Å²) in [5, 5.41) is 5.46. The largest absolute Gasteiger partial charge is 0.492 e. The van der Waals surface area contributed by atoms with Gasteiger partial charge < -0.3 is 25.2 Å². The van der Waals surface area contributed by atoms with Crippen molar-refractivity contribution >= 4 is 39.2 Å². The fourth-order valence-corrected chi connectivity index (χ4v) is 3.66. The Balaban J connectivity index is 1.51. The molecule has 3 amide bonds. The lowest BCUT2D eigenvalue weighted by atomic mass is 10.2. The minimum Gasteiger partial charge on any atom is -0.492 e. The van der Waals surface area contributed by atoms with Gasteiger partial charge in [0.15, 0.2) is 0 Å². The number of para-hydroxylation sites is 2. The highest BCUT2D eigenvalue weighted by Crippen LogP contribution is 2.28. The van der Waals surface area contributed by atoms with Crippen molar-refractivity contribution in [1.29, 1.82) is 0 Å². The van der Waals surface area contributed by atoms with Crippen molar-refractivity contribution in [1.82, 2.24) is 10.2 Å². The fourth-order valence-electron chi connectivity index (χ4n) is 3.40. The van der Waals surface area contributed by atoms with Crippen molar-refractivity contribution in [3.05, 3.63) is 53.0 Å². The molecule has 0 saturated carbocycles. The van der Waals surface area contributed by atoms with Crippen LogP contribution in [0.1, 0.15) is 13.8 Å². The summed E-state index contributed by atoms with van der Waals surface area (Å²) in [5.74, 6) is 0.776. The number of hydrogen-bond acceptors (Lipinski definition) is 4. The van der Waals surface area contributed by atoms with Gasteiger partial charge in [-0.1, -0.05) is 28.1 Å². The van der Waals surface area contributed by atoms with Crippen LogP contribution in [0.2, 0.25) is 0 Å². The maximum absolute atomic E-state index is 12.8. The Kier molecular flexibility index (Phi) is 7.57. The van der Waals surface area contributed by atoms with Crippen molar-refractivity contribution in [2.24, 2.45) is 0 Å². The first-order valence-electron chi connectivity index (χ1n) is 10.1. The van der Waals surface area contributed by atoms with E-state index in [-0.39, 0.29) is 5.91 Å². The van der Waals surface area contributed by atoms with Crippen LogP contribution in [0.25, 0.3) is 0 Å². The average Bonchev–Trinajstić information content (AvgIpc) is 2.75. The minimum absolute atomic E-state index is 0.0845. The van der Waals surface area contributed by atoms with E-state index in [1.807, 2.05) is 43.3 Å². The lowest BCUT2D eigenvalue weighted by Gasteiger charge is -2.37. The number of nitrogens with zero attached hydrogens (tertiary/aromatic N) is 2. The van der Waals surface area contributed by atoms with Crippen molar-refractivity contribution < 1.29 is 14.3 Å². The van der Waals surface area contributed by atoms with Gasteiger partial charge in [0, 0.05) is 36.3 Å². The standard InChI is InChI=1S/C22H27BrN4O3/c1-3-30-20-7-5-4-6-19(20)26-12-14-27(15-13-26)21(28)16(2)24-22(29)25-18-10-8-17(23)9-11-18/h4-11,16H,3,12-15H2,1-2H3,(H2,24,25,29). The molecule has 1 atom stereocenters. The molecule has 1 aliphatic rings. The third kappa shape index (κ3) is 5.66. The molecule has 30 heavy (non-hydrogen) atoms. The van der Waals surface area contributed by atoms with E-state index in [0.717, 1.165) is 15.9 Å². The zero-order chi connectivity index (χ0) is 21.5. The molecule has 3 rings (SSSR count). The number of urea groups is 1. The van der Waals surface area contributed by atoms with Crippen LogP contribution in [0.5, 0.6) is 5.75 Å². The van der Waals surface area contributed by atoms with Gasteiger partial charge in [-0.05, 0) is 50.2 Å². The maximum Gasteiger partial charge on any atom is 0.319 e. The number of carbonyl (C=O) groups is 2. The topological polar surface area (TPSA) is 73.9 Å². The number of anilines is 2. The number of benzene rings is 2. The monoisotopic (exact) mass is 474 g/mol. The quantitative estimate of drug-likeness (QED) is 0.669. The molecular formula is C22H27BrN4O3. The summed E-state index contributed by atoms with van der Waals surface area (Å²) in [6.45, 7) is 6.91. The molecule has 0 radical (unpaired) electrons. The number of hydrogen-bond donors (Lipinski definition) is 2. The summed E-state index contributed by atoms with van der Waals surface area (Å²) < 4.78 is 6.65. The van der Waals surface area contributed by atoms with Crippen LogP contribution in [0, 0.1) is 0 Å². The van der Waals surface area contributed by atoms with Gasteiger partial charge in [-0.25, -0.2) is 4.79 Å². The molecule has 8 heteroatoms. The number of nitrogens with one attached hydrogen (secondary N) is 2. The third-order valence-corrected chi connectivity index (χ3v) is 5.45. The molecule has 2 aromatic rings. The number of ether oxygens (including phenoxy) is 1. The van der Waals surface area contributed by atoms with Crippen LogP contribution < -0.4 is 20.3 Å². The molecule has 2 aromatic carbocycles. The predicted octanol–water partition coefficient (Wildman–Crippen LogP) is 3.71. The normalized spacial score (nSPS) is 14.8. The van der Waals surface area contributed by atoms with E-state index in [2.05, 4.69) is 31.5 Å². The Morgan fingerprint density at radius 1 is 1.07 bits per heavy atom. The number of halogens is 1. The molecule has 7 nitrogen and oxygen atoms in total. The Bertz CT molecular complexity index is 867. The van der Waals surface area contributed by atoms with E-state index in [1.54, 1.807) is 24.0 Å². The number of carbonyl (C=O) groups excluding carboxylic acids is 2. The Hall–Kier alpha value is -2.74. The molecule has 1 heterocycles. The van der Waals surface area contributed by atoms with Crippen LogP contribution in [-0.4, -0.2) is 55.7 Å². The minimum atomic E-state index is -0.609. The molecule has 0 bridgehead atoms. The smallest absolute Gasteiger partial charge is 0.319 e. The molecule has 1 fully saturated rings. The highest BCUT2D eigenvalue weighted by molar-refractivity contribution is 9.10. The third-order valence-electron chi connectivity index (χ3n) is 4.92. The van der Waals surface area contributed by atoms with Crippen LogP contribution in [0.3, 0.4) is 0 Å². The van der Waals surface area contributed by atoms with Gasteiger partial charge in [0.1, 0.15) is 11.8 Å². The zero-order valence-electron chi connectivity index (χ0n) is 17.2. The summed E-state index contributed by atoms with van der Waals surface area (Å²) in [4.78, 5) is 29.0. The first-order chi connectivity index (χ1) is 14.5. The van der Waals surface area contributed by atoms with Crippen molar-refractivity contribution in [3.63, 3.8) is 0 Å². The second-order valence-corrected chi connectivity index (χ2v) is 7.96. The maximum atomic E-state index is 12.8. The number of rotatable bonds is 6. The van der Waals surface area contributed by atoms with Crippen molar-refractivity contribution in [3.8, 4) is 5.75 Å². The Morgan fingerprint density at radius 2 is 1.73 bits per heavy atom. The van der Waals surface area contributed by atoms with Crippen LogP contribution in [-0.2, 0) is 4.79 Å². The van der Waals surface area contributed by atoms with Gasteiger partial charge in [0.2, 0.25) is 5.91 Å². The van der Waals surface area contributed by atoms with Crippen LogP contribution >= 0.6 is 15.9 Å². The first kappa shape index (κ1) is 22.0. The molecule has 1 aliphatic heterocycles. The summed E-state index contributed by atoms with van der Waals surface area (Å²) in [6.07, 6.45) is 0. The van der Waals surface area contributed by atoms with E-state index in [4.69, 9.17) is 4.74 Å². The highest BCUT2D eigenvalue weighted by atomic mass is 79.9. The van der Waals surface area contributed by atoms with E-state index in [9.17, 15) is 9.59 Å². The Labute approximate surface area is 185 Å². The van der Waals surface area contributed by atoms with Gasteiger partial charge in [0.05, 0.1) is 12.3 Å². The molecule has 0 aliphatic carbocycles. The van der Waals surface area contributed by atoms with Gasteiger partial charge in [-0.2, -0.15) is 0 Å². The summed E-state index contributed by atoms with van der Waals surface area (Å²) in [7, 11) is 0. The average molecular weight is 475 g/mol. The number of piperazine rings is 1. The SMILES string of the molecule is CCOc1ccccc1N1CCN(C(=O)C(C)NC(=O)Nc2ccc(Br)cc2)CC1. The van der Waals surface area contributed by atoms with Crippen LogP contribution in [0.15, 0.2) is 53.0 Å².